The van der Waals surface area contributed by atoms with Crippen LogP contribution in [0.2, 0.25) is 0 Å². The maximum Gasteiger partial charge on any atom is 0.243 e. The van der Waals surface area contributed by atoms with Gasteiger partial charge in [0.15, 0.2) is 0 Å². The molecule has 6 rings (SSSR count). The highest BCUT2D eigenvalue weighted by Gasteiger charge is 2.28. The van der Waals surface area contributed by atoms with Gasteiger partial charge in [-0.05, 0) is 78.7 Å². The third kappa shape index (κ3) is 16.6. The largest absolute Gasteiger partial charge is 0.368 e. The maximum absolute atomic E-state index is 13.7. The van der Waals surface area contributed by atoms with Crippen molar-refractivity contribution in [2.24, 2.45) is 5.73 Å². The molecule has 0 aliphatic rings. The van der Waals surface area contributed by atoms with Crippen molar-refractivity contribution in [2.45, 2.75) is 84.1 Å². The highest BCUT2D eigenvalue weighted by atomic mass is 16.2. The Labute approximate surface area is 389 Å². The summed E-state index contributed by atoms with van der Waals surface area (Å²) in [5.74, 6) is -3.15. The number of hydrogen-bond donors (Lipinski definition) is 5. The molecule has 6 aromatic heterocycles. The SMILES string of the molecule is CC(=O)N[C@@H](Cc1ccc(CN(Cc2ccccn2)Cc2ccccn2)nc1)C(=O)N[C@@H](C)C(=O)N[C@@H](Cc1ccc(CN(Cc2ccccn2)Cc2ccccn2)nc1)C(=O)NCC(N)=O. The topological polar surface area (TPSA) is 243 Å². The van der Waals surface area contributed by atoms with Crippen LogP contribution in [0.3, 0.4) is 0 Å². The summed E-state index contributed by atoms with van der Waals surface area (Å²) >= 11 is 0. The number of aromatic nitrogens is 6. The first-order valence-electron chi connectivity index (χ1n) is 21.8. The van der Waals surface area contributed by atoms with E-state index in [1.54, 1.807) is 37.2 Å². The summed E-state index contributed by atoms with van der Waals surface area (Å²) < 4.78 is 0. The summed E-state index contributed by atoms with van der Waals surface area (Å²) in [5.41, 5.74) is 11.7. The van der Waals surface area contributed by atoms with Crippen molar-refractivity contribution in [3.8, 4) is 0 Å². The average molecular weight is 906 g/mol. The van der Waals surface area contributed by atoms with Gasteiger partial charge in [0.25, 0.3) is 0 Å². The molecular weight excluding hydrogens is 851 g/mol. The second-order valence-electron chi connectivity index (χ2n) is 16.0. The van der Waals surface area contributed by atoms with Gasteiger partial charge in [-0.1, -0.05) is 36.4 Å². The lowest BCUT2D eigenvalue weighted by molar-refractivity contribution is -0.133. The van der Waals surface area contributed by atoms with Crippen molar-refractivity contribution in [3.05, 3.63) is 180 Å². The van der Waals surface area contributed by atoms with Crippen LogP contribution in [-0.2, 0) is 76.1 Å². The molecule has 0 bridgehead atoms. The zero-order valence-corrected chi connectivity index (χ0v) is 37.5. The number of nitrogens with two attached hydrogens (primary N) is 1. The van der Waals surface area contributed by atoms with E-state index in [1.165, 1.54) is 13.8 Å². The van der Waals surface area contributed by atoms with Crippen molar-refractivity contribution in [1.29, 1.82) is 0 Å². The first-order valence-corrected chi connectivity index (χ1v) is 21.8. The quantitative estimate of drug-likeness (QED) is 0.0587. The third-order valence-electron chi connectivity index (χ3n) is 10.4. The van der Waals surface area contributed by atoms with Crippen molar-refractivity contribution >= 4 is 29.5 Å². The fourth-order valence-corrected chi connectivity index (χ4v) is 7.12. The summed E-state index contributed by atoms with van der Waals surface area (Å²) in [6.45, 7) is 5.55. The number of primary amides is 1. The molecule has 5 amide bonds. The normalized spacial score (nSPS) is 12.4. The van der Waals surface area contributed by atoms with Crippen molar-refractivity contribution in [3.63, 3.8) is 0 Å². The number of carbonyl (C=O) groups is 5. The van der Waals surface area contributed by atoms with E-state index in [2.05, 4.69) is 61.0 Å². The van der Waals surface area contributed by atoms with E-state index in [4.69, 9.17) is 5.73 Å². The Morgan fingerprint density at radius 2 is 0.881 bits per heavy atom. The highest BCUT2D eigenvalue weighted by Crippen LogP contribution is 2.15. The molecule has 0 saturated heterocycles. The Balaban J connectivity index is 1.07. The average Bonchev–Trinajstić information content (AvgIpc) is 3.32. The molecule has 6 aromatic rings. The molecular formula is C49H55N13O5. The lowest BCUT2D eigenvalue weighted by Crippen LogP contribution is -2.56. The number of pyridine rings is 6. The van der Waals surface area contributed by atoms with Gasteiger partial charge in [0.2, 0.25) is 29.5 Å². The van der Waals surface area contributed by atoms with Crippen LogP contribution in [0.1, 0.15) is 59.1 Å². The summed E-state index contributed by atoms with van der Waals surface area (Å²) in [5, 5.41) is 10.5. The molecule has 0 aliphatic heterocycles. The molecule has 18 heteroatoms. The minimum absolute atomic E-state index is 0.0113. The maximum atomic E-state index is 13.7. The van der Waals surface area contributed by atoms with Gasteiger partial charge in [-0.15, -0.1) is 0 Å². The van der Waals surface area contributed by atoms with E-state index in [-0.39, 0.29) is 12.8 Å². The van der Waals surface area contributed by atoms with Gasteiger partial charge in [0.1, 0.15) is 18.1 Å². The Morgan fingerprint density at radius 3 is 1.21 bits per heavy atom. The molecule has 0 spiro atoms. The van der Waals surface area contributed by atoms with E-state index in [1.807, 2.05) is 97.1 Å². The van der Waals surface area contributed by atoms with Crippen LogP contribution in [0, 0.1) is 0 Å². The van der Waals surface area contributed by atoms with E-state index in [9.17, 15) is 24.0 Å². The highest BCUT2D eigenvalue weighted by molar-refractivity contribution is 5.94. The van der Waals surface area contributed by atoms with Crippen LogP contribution < -0.4 is 27.0 Å². The minimum Gasteiger partial charge on any atom is -0.368 e. The number of nitrogens with zero attached hydrogens (tertiary/aromatic N) is 8. The van der Waals surface area contributed by atoms with Crippen LogP contribution in [0.15, 0.2) is 134 Å². The van der Waals surface area contributed by atoms with E-state index in [0.717, 1.165) is 34.2 Å². The van der Waals surface area contributed by atoms with Gasteiger partial charge in [-0.3, -0.25) is 63.7 Å². The molecule has 0 saturated carbocycles. The molecule has 18 nitrogen and oxygen atoms in total. The van der Waals surface area contributed by atoms with Gasteiger partial charge in [0.05, 0.1) is 40.7 Å². The molecule has 0 radical (unpaired) electrons. The zero-order chi connectivity index (χ0) is 47.4. The molecule has 346 valence electrons. The summed E-state index contributed by atoms with van der Waals surface area (Å²) in [7, 11) is 0. The van der Waals surface area contributed by atoms with Crippen LogP contribution in [0.25, 0.3) is 0 Å². The number of nitrogens with one attached hydrogen (secondary N) is 4. The fourth-order valence-electron chi connectivity index (χ4n) is 7.12. The van der Waals surface area contributed by atoms with Gasteiger partial charge in [-0.2, -0.15) is 0 Å². The summed E-state index contributed by atoms with van der Waals surface area (Å²) in [4.78, 5) is 96.1. The number of hydrogen-bond acceptors (Lipinski definition) is 13. The first-order chi connectivity index (χ1) is 32.4. The third-order valence-corrected chi connectivity index (χ3v) is 10.4. The second-order valence-corrected chi connectivity index (χ2v) is 16.0. The molecule has 3 atom stereocenters. The zero-order valence-electron chi connectivity index (χ0n) is 37.5. The molecule has 0 aromatic carbocycles. The molecule has 0 fully saturated rings. The van der Waals surface area contributed by atoms with E-state index >= 15 is 0 Å². The molecule has 6 heterocycles. The predicted molar refractivity (Wildman–Crippen MR) is 248 cm³/mol. The number of rotatable bonds is 24. The fraction of sp³-hybridized carbons (Fsp3) is 0.286. The monoisotopic (exact) mass is 905 g/mol. The van der Waals surface area contributed by atoms with Gasteiger partial charge >= 0.3 is 0 Å². The molecule has 67 heavy (non-hydrogen) atoms. The van der Waals surface area contributed by atoms with Crippen LogP contribution in [0.5, 0.6) is 0 Å². The van der Waals surface area contributed by atoms with Crippen molar-refractivity contribution in [1.82, 2.24) is 61.0 Å². The van der Waals surface area contributed by atoms with Gasteiger partial charge in [0, 0.05) is 96.2 Å². The van der Waals surface area contributed by atoms with Crippen LogP contribution in [-0.4, -0.2) is 93.9 Å². The first kappa shape index (κ1) is 48.6. The summed E-state index contributed by atoms with van der Waals surface area (Å²) in [6.07, 6.45) is 10.4. The summed E-state index contributed by atoms with van der Waals surface area (Å²) in [6, 6.07) is 27.1. The Morgan fingerprint density at radius 1 is 0.493 bits per heavy atom. The standard InChI is InChI=1S/C49H55N13O5/c1-34(58-49(67)45(59-35(2)63)24-37-16-18-43(56-26-37)33-62(30-40-13-5-9-21-53-40)31-41-14-6-10-22-54-41)47(65)60-44(48(66)57-27-46(50)64)23-36-15-17-42(55-25-36)32-61(28-38-11-3-7-19-51-38)29-39-12-4-8-20-52-39/h3-22,25-26,34,44-45H,23-24,27-33H2,1-2H3,(H2,50,64)(H,57,66)(H,58,67)(H,59,63)(H,60,65)/t34-,44-,45-/m0/s1. The van der Waals surface area contributed by atoms with Crippen LogP contribution in [0.4, 0.5) is 0 Å². The van der Waals surface area contributed by atoms with E-state index in [0.29, 0.717) is 50.4 Å². The van der Waals surface area contributed by atoms with Crippen molar-refractivity contribution < 1.29 is 24.0 Å². The predicted octanol–water partition coefficient (Wildman–Crippen LogP) is 2.34. The second kappa shape index (κ2) is 25.0. The molecule has 0 aliphatic carbocycles. The minimum atomic E-state index is -1.16. The van der Waals surface area contributed by atoms with Crippen molar-refractivity contribution in [2.75, 3.05) is 6.54 Å². The van der Waals surface area contributed by atoms with Crippen LogP contribution >= 0.6 is 0 Å². The van der Waals surface area contributed by atoms with Gasteiger partial charge in [-0.25, -0.2) is 0 Å². The van der Waals surface area contributed by atoms with E-state index < -0.39 is 54.2 Å². The lowest BCUT2D eigenvalue weighted by atomic mass is 10.0. The Kier molecular flexibility index (Phi) is 18.2. The van der Waals surface area contributed by atoms with Gasteiger partial charge < -0.3 is 27.0 Å². The smallest absolute Gasteiger partial charge is 0.243 e. The Bertz CT molecular complexity index is 2420. The Hall–Kier alpha value is -7.83. The molecule has 0 unspecified atom stereocenters. The molecule has 6 N–H and O–H groups in total. The number of amides is 5. The lowest BCUT2D eigenvalue weighted by Gasteiger charge is -2.24. The number of carbonyl (C=O) groups excluding carboxylic acids is 5.